The average molecular weight is 446 g/mol. The van der Waals surface area contributed by atoms with E-state index >= 15 is 0 Å². The zero-order chi connectivity index (χ0) is 22.0. The van der Waals surface area contributed by atoms with Crippen LogP contribution in [0.15, 0.2) is 54.0 Å². The van der Waals surface area contributed by atoms with E-state index in [1.165, 1.54) is 12.1 Å². The van der Waals surface area contributed by atoms with Crippen LogP contribution in [0.2, 0.25) is 0 Å². The first kappa shape index (κ1) is 21.4. The summed E-state index contributed by atoms with van der Waals surface area (Å²) in [4.78, 5) is 19.6. The number of halogens is 3. The number of thiazole rings is 1. The van der Waals surface area contributed by atoms with Crippen LogP contribution < -0.4 is 4.74 Å². The van der Waals surface area contributed by atoms with E-state index in [1.54, 1.807) is 29.5 Å². The number of carbonyl (C=O) groups excluding carboxylic acids is 1. The number of benzene rings is 2. The number of ether oxygens (including phenoxy) is 1. The lowest BCUT2D eigenvalue weighted by Crippen LogP contribution is -2.38. The van der Waals surface area contributed by atoms with Crippen LogP contribution in [0.1, 0.15) is 39.7 Å². The van der Waals surface area contributed by atoms with Crippen LogP contribution in [0.3, 0.4) is 0 Å². The predicted octanol–water partition coefficient (Wildman–Crippen LogP) is 6.04. The van der Waals surface area contributed by atoms with Crippen LogP contribution >= 0.6 is 11.3 Å². The molecule has 8 heteroatoms. The minimum atomic E-state index is -4.74. The summed E-state index contributed by atoms with van der Waals surface area (Å²) in [6.45, 7) is 3.19. The molecular weight excluding hydrogens is 425 g/mol. The van der Waals surface area contributed by atoms with Crippen molar-refractivity contribution in [3.8, 4) is 16.9 Å². The number of aryl methyl sites for hydroxylation is 1. The maximum atomic E-state index is 13.3. The van der Waals surface area contributed by atoms with Crippen LogP contribution in [0.5, 0.6) is 5.75 Å². The topological polar surface area (TPSA) is 42.4 Å². The van der Waals surface area contributed by atoms with Crippen molar-refractivity contribution in [1.82, 2.24) is 9.88 Å². The Morgan fingerprint density at radius 2 is 1.84 bits per heavy atom. The number of likely N-dealkylation sites (tertiary alicyclic amines) is 1. The maximum absolute atomic E-state index is 13.3. The largest absolute Gasteiger partial charge is 0.573 e. The van der Waals surface area contributed by atoms with Gasteiger partial charge in [-0.1, -0.05) is 24.3 Å². The van der Waals surface area contributed by atoms with Gasteiger partial charge in [-0.3, -0.25) is 4.79 Å². The number of carbonyl (C=O) groups is 1. The molecule has 0 radical (unpaired) electrons. The third kappa shape index (κ3) is 4.90. The summed E-state index contributed by atoms with van der Waals surface area (Å²) in [5, 5.41) is 3.08. The lowest BCUT2D eigenvalue weighted by molar-refractivity contribution is -0.274. The predicted molar refractivity (Wildman–Crippen MR) is 113 cm³/mol. The van der Waals surface area contributed by atoms with E-state index < -0.39 is 6.36 Å². The molecule has 2 aromatic carbocycles. The van der Waals surface area contributed by atoms with E-state index in [0.717, 1.165) is 29.0 Å². The number of nitrogens with zero attached hydrogens (tertiary/aromatic N) is 2. The van der Waals surface area contributed by atoms with Crippen LogP contribution in [0.25, 0.3) is 11.1 Å². The molecule has 1 aliphatic rings. The monoisotopic (exact) mass is 446 g/mol. The molecule has 4 nitrogen and oxygen atoms in total. The highest BCUT2D eigenvalue weighted by Crippen LogP contribution is 2.34. The molecular formula is C23H21F3N2O2S. The number of amides is 1. The summed E-state index contributed by atoms with van der Waals surface area (Å²) >= 11 is 1.65. The Balaban J connectivity index is 1.55. The van der Waals surface area contributed by atoms with E-state index in [-0.39, 0.29) is 11.7 Å². The standard InChI is InChI=1S/C23H21F3N2O2S/c1-15-3-2-4-19(20(15)16-5-7-18(8-6-16)30-23(24,25)26)22(29)28-12-9-17(10-13-28)21-27-11-14-31-21/h2-8,11,14,17H,9-10,12-13H2,1H3. The van der Waals surface area contributed by atoms with E-state index in [4.69, 9.17) is 0 Å². The second kappa shape index (κ2) is 8.70. The maximum Gasteiger partial charge on any atom is 0.573 e. The summed E-state index contributed by atoms with van der Waals surface area (Å²) in [6, 6.07) is 11.1. The van der Waals surface area contributed by atoms with Crippen molar-refractivity contribution < 1.29 is 22.7 Å². The van der Waals surface area contributed by atoms with Gasteiger partial charge in [0.2, 0.25) is 0 Å². The van der Waals surface area contributed by atoms with Crippen molar-refractivity contribution in [3.05, 3.63) is 70.2 Å². The highest BCUT2D eigenvalue weighted by Gasteiger charge is 2.31. The van der Waals surface area contributed by atoms with Crippen LogP contribution in [-0.2, 0) is 0 Å². The Kier molecular flexibility index (Phi) is 6.00. The molecule has 1 fully saturated rings. The normalized spacial score (nSPS) is 15.2. The molecule has 3 aromatic rings. The summed E-state index contributed by atoms with van der Waals surface area (Å²) in [5.41, 5.74) is 2.84. The Morgan fingerprint density at radius 1 is 1.13 bits per heavy atom. The smallest absolute Gasteiger partial charge is 0.406 e. The zero-order valence-electron chi connectivity index (χ0n) is 16.9. The number of alkyl halides is 3. The van der Waals surface area contributed by atoms with Crippen LogP contribution in [-0.4, -0.2) is 35.2 Å². The van der Waals surface area contributed by atoms with Gasteiger partial charge < -0.3 is 9.64 Å². The number of rotatable bonds is 4. The molecule has 1 aliphatic heterocycles. The molecule has 1 amide bonds. The van der Waals surface area contributed by atoms with Crippen molar-refractivity contribution >= 4 is 17.2 Å². The number of aromatic nitrogens is 1. The first-order valence-corrected chi connectivity index (χ1v) is 10.8. The third-order valence-corrected chi connectivity index (χ3v) is 6.40. The van der Waals surface area contributed by atoms with E-state index in [0.29, 0.717) is 30.1 Å². The average Bonchev–Trinajstić information content (AvgIpc) is 3.28. The molecule has 162 valence electrons. The molecule has 0 N–H and O–H groups in total. The molecule has 0 unspecified atom stereocenters. The van der Waals surface area contributed by atoms with Crippen LogP contribution in [0, 0.1) is 6.92 Å². The lowest BCUT2D eigenvalue weighted by atomic mass is 9.92. The lowest BCUT2D eigenvalue weighted by Gasteiger charge is -2.32. The number of hydrogen-bond acceptors (Lipinski definition) is 4. The molecule has 0 bridgehead atoms. The molecule has 2 heterocycles. The second-order valence-electron chi connectivity index (χ2n) is 7.51. The van der Waals surface area contributed by atoms with Gasteiger partial charge in [-0.2, -0.15) is 0 Å². The summed E-state index contributed by atoms with van der Waals surface area (Å²) in [6.07, 6.45) is -1.20. The van der Waals surface area contributed by atoms with Crippen LogP contribution in [0.4, 0.5) is 13.2 Å². The van der Waals surface area contributed by atoms with Crippen molar-refractivity contribution in [1.29, 1.82) is 0 Å². The minimum Gasteiger partial charge on any atom is -0.406 e. The Morgan fingerprint density at radius 3 is 2.45 bits per heavy atom. The summed E-state index contributed by atoms with van der Waals surface area (Å²) in [5.74, 6) is 0.0242. The van der Waals surface area contributed by atoms with Gasteiger partial charge in [-0.05, 0) is 54.7 Å². The molecule has 1 aromatic heterocycles. The van der Waals surface area contributed by atoms with Gasteiger partial charge in [0, 0.05) is 36.1 Å². The van der Waals surface area contributed by atoms with Gasteiger partial charge in [-0.15, -0.1) is 24.5 Å². The highest BCUT2D eigenvalue weighted by atomic mass is 32.1. The van der Waals surface area contributed by atoms with Gasteiger partial charge in [0.15, 0.2) is 0 Å². The molecule has 0 spiro atoms. The van der Waals surface area contributed by atoms with Gasteiger partial charge in [0.1, 0.15) is 5.75 Å². The highest BCUT2D eigenvalue weighted by molar-refractivity contribution is 7.09. The van der Waals surface area contributed by atoms with Gasteiger partial charge in [0.05, 0.1) is 5.01 Å². The van der Waals surface area contributed by atoms with Crippen molar-refractivity contribution in [2.45, 2.75) is 32.0 Å². The van der Waals surface area contributed by atoms with Gasteiger partial charge >= 0.3 is 6.36 Å². The molecule has 0 saturated carbocycles. The number of hydrogen-bond donors (Lipinski definition) is 0. The van der Waals surface area contributed by atoms with E-state index in [1.807, 2.05) is 35.5 Å². The fourth-order valence-electron chi connectivity index (χ4n) is 3.99. The van der Waals surface area contributed by atoms with Crippen molar-refractivity contribution in [3.63, 3.8) is 0 Å². The van der Waals surface area contributed by atoms with E-state index in [9.17, 15) is 18.0 Å². The van der Waals surface area contributed by atoms with Gasteiger partial charge in [0.25, 0.3) is 5.91 Å². The molecule has 0 aliphatic carbocycles. The second-order valence-corrected chi connectivity index (χ2v) is 8.43. The molecule has 1 saturated heterocycles. The quantitative estimate of drug-likeness (QED) is 0.491. The fraction of sp³-hybridized carbons (Fsp3) is 0.304. The van der Waals surface area contributed by atoms with Gasteiger partial charge in [-0.25, -0.2) is 4.98 Å². The first-order valence-electron chi connectivity index (χ1n) is 9.96. The first-order chi connectivity index (χ1) is 14.8. The summed E-state index contributed by atoms with van der Waals surface area (Å²) in [7, 11) is 0. The Labute approximate surface area is 182 Å². The third-order valence-electron chi connectivity index (χ3n) is 5.46. The minimum absolute atomic E-state index is 0.0630. The summed E-state index contributed by atoms with van der Waals surface area (Å²) < 4.78 is 41.3. The van der Waals surface area contributed by atoms with E-state index in [2.05, 4.69) is 9.72 Å². The zero-order valence-corrected chi connectivity index (χ0v) is 17.7. The molecule has 31 heavy (non-hydrogen) atoms. The van der Waals surface area contributed by atoms with Crippen molar-refractivity contribution in [2.24, 2.45) is 0 Å². The SMILES string of the molecule is Cc1cccc(C(=O)N2CCC(c3nccs3)CC2)c1-c1ccc(OC(F)(F)F)cc1. The van der Waals surface area contributed by atoms with Crippen molar-refractivity contribution in [2.75, 3.05) is 13.1 Å². The molecule has 0 atom stereocenters. The Hall–Kier alpha value is -2.87. The Bertz CT molecular complexity index is 1040. The molecule has 4 rings (SSSR count). The number of piperidine rings is 1. The fourth-order valence-corrected chi connectivity index (χ4v) is 4.80.